The van der Waals surface area contributed by atoms with Crippen molar-refractivity contribution in [2.24, 2.45) is 0 Å². The first kappa shape index (κ1) is 24.4. The lowest BCUT2D eigenvalue weighted by atomic mass is 10.0. The first-order chi connectivity index (χ1) is 16.1. The number of esters is 1. The Bertz CT molecular complexity index is 1060. The van der Waals surface area contributed by atoms with Gasteiger partial charge in [0.2, 0.25) is 0 Å². The van der Waals surface area contributed by atoms with Crippen LogP contribution in [0.3, 0.4) is 0 Å². The van der Waals surface area contributed by atoms with Crippen molar-refractivity contribution < 1.29 is 19.0 Å². The van der Waals surface area contributed by atoms with Gasteiger partial charge in [-0.1, -0.05) is 60.2 Å². The topological polar surface area (TPSA) is 44.8 Å². The molecule has 2 aromatic rings. The first-order valence-electron chi connectivity index (χ1n) is 11.1. The summed E-state index contributed by atoms with van der Waals surface area (Å²) >= 11 is 6.08. The molecular formula is C28H29ClO4. The average molecular weight is 465 g/mol. The Hall–Kier alpha value is -3.24. The highest BCUT2D eigenvalue weighted by molar-refractivity contribution is 6.31. The molecule has 1 aliphatic rings. The van der Waals surface area contributed by atoms with E-state index in [-0.39, 0.29) is 5.97 Å². The Kier molecular flexibility index (Phi) is 9.40. The van der Waals surface area contributed by atoms with Crippen LogP contribution in [0.1, 0.15) is 36.5 Å². The summed E-state index contributed by atoms with van der Waals surface area (Å²) < 4.78 is 16.3. The minimum absolute atomic E-state index is 0.353. The zero-order valence-corrected chi connectivity index (χ0v) is 19.8. The van der Waals surface area contributed by atoms with E-state index in [4.69, 9.17) is 25.8 Å². The van der Waals surface area contributed by atoms with Crippen molar-refractivity contribution in [2.45, 2.75) is 26.2 Å². The lowest BCUT2D eigenvalue weighted by Gasteiger charge is -2.11. The fourth-order valence-corrected chi connectivity index (χ4v) is 3.55. The van der Waals surface area contributed by atoms with Crippen molar-refractivity contribution in [3.8, 4) is 11.5 Å². The summed E-state index contributed by atoms with van der Waals surface area (Å²) in [5.74, 6) is 0.943. The van der Waals surface area contributed by atoms with E-state index in [0.29, 0.717) is 24.7 Å². The van der Waals surface area contributed by atoms with E-state index in [2.05, 4.69) is 36.4 Å². The molecule has 4 nitrogen and oxygen atoms in total. The van der Waals surface area contributed by atoms with Gasteiger partial charge in [-0.05, 0) is 72.7 Å². The summed E-state index contributed by atoms with van der Waals surface area (Å²) in [5, 5.41) is 0.775. The third kappa shape index (κ3) is 7.69. The third-order valence-corrected chi connectivity index (χ3v) is 5.39. The SMILES string of the molecule is CCOC(=O)/C=C/c1ccc(OCCCc2ccc(C3=CCC=C(Cl)C=C3)cc2)c(OC)c1. The van der Waals surface area contributed by atoms with Crippen molar-refractivity contribution >= 4 is 29.2 Å². The molecule has 0 heterocycles. The van der Waals surface area contributed by atoms with Crippen molar-refractivity contribution in [3.05, 3.63) is 94.6 Å². The maximum absolute atomic E-state index is 11.5. The lowest BCUT2D eigenvalue weighted by molar-refractivity contribution is -0.137. The van der Waals surface area contributed by atoms with Crippen LogP contribution in [0, 0.1) is 0 Å². The second kappa shape index (κ2) is 12.7. The molecule has 0 saturated carbocycles. The first-order valence-corrected chi connectivity index (χ1v) is 11.5. The van der Waals surface area contributed by atoms with Crippen LogP contribution in [-0.4, -0.2) is 26.3 Å². The molecule has 0 radical (unpaired) electrons. The van der Waals surface area contributed by atoms with Crippen LogP contribution in [0.2, 0.25) is 0 Å². The fraction of sp³-hybridized carbons (Fsp3) is 0.250. The van der Waals surface area contributed by atoms with Gasteiger partial charge in [-0.3, -0.25) is 0 Å². The second-order valence-electron chi connectivity index (χ2n) is 7.46. The molecule has 0 bridgehead atoms. The van der Waals surface area contributed by atoms with Gasteiger partial charge in [0.05, 0.1) is 20.3 Å². The standard InChI is InChI=1S/C28H29ClO4/c1-3-32-28(30)18-12-22-11-17-26(27(20-22)31-2)33-19-5-6-21-9-13-24(14-10-21)23-7-4-8-25(29)16-15-23/h7-18,20H,3-6,19H2,1-2H3/b18-12+. The zero-order chi connectivity index (χ0) is 23.5. The van der Waals surface area contributed by atoms with Crippen LogP contribution >= 0.6 is 11.6 Å². The summed E-state index contributed by atoms with van der Waals surface area (Å²) in [6.45, 7) is 2.71. The van der Waals surface area contributed by atoms with Crippen LogP contribution in [-0.2, 0) is 16.0 Å². The van der Waals surface area contributed by atoms with Gasteiger partial charge in [0, 0.05) is 11.1 Å². The van der Waals surface area contributed by atoms with E-state index in [1.807, 2.05) is 30.4 Å². The molecule has 3 rings (SSSR count). The van der Waals surface area contributed by atoms with E-state index in [1.54, 1.807) is 20.1 Å². The Balaban J connectivity index is 1.50. The zero-order valence-electron chi connectivity index (χ0n) is 19.1. The summed E-state index contributed by atoms with van der Waals surface area (Å²) in [6, 6.07) is 14.2. The highest BCUT2D eigenvalue weighted by atomic mass is 35.5. The van der Waals surface area contributed by atoms with E-state index in [9.17, 15) is 4.79 Å². The molecule has 0 aromatic heterocycles. The summed E-state index contributed by atoms with van der Waals surface area (Å²) in [6.07, 6.45) is 13.9. The predicted molar refractivity (Wildman–Crippen MR) is 135 cm³/mol. The number of hydrogen-bond acceptors (Lipinski definition) is 4. The molecule has 0 fully saturated rings. The minimum atomic E-state index is -0.367. The Morgan fingerprint density at radius 1 is 1.06 bits per heavy atom. The molecule has 172 valence electrons. The molecule has 0 aliphatic heterocycles. The maximum atomic E-state index is 11.5. The van der Waals surface area contributed by atoms with E-state index in [0.717, 1.165) is 29.9 Å². The number of carbonyl (C=O) groups excluding carboxylic acids is 1. The predicted octanol–water partition coefficient (Wildman–Crippen LogP) is 6.75. The number of benzene rings is 2. The van der Waals surface area contributed by atoms with Crippen LogP contribution in [0.5, 0.6) is 11.5 Å². The van der Waals surface area contributed by atoms with Crippen molar-refractivity contribution in [2.75, 3.05) is 20.3 Å². The lowest BCUT2D eigenvalue weighted by Crippen LogP contribution is -2.01. The molecule has 1 aliphatic carbocycles. The summed E-state index contributed by atoms with van der Waals surface area (Å²) in [7, 11) is 1.60. The molecule has 33 heavy (non-hydrogen) atoms. The van der Waals surface area contributed by atoms with Gasteiger partial charge in [0.25, 0.3) is 0 Å². The quantitative estimate of drug-likeness (QED) is 0.221. The number of hydrogen-bond donors (Lipinski definition) is 0. The highest BCUT2D eigenvalue weighted by Gasteiger charge is 2.06. The molecular weight excluding hydrogens is 436 g/mol. The molecule has 2 aromatic carbocycles. The number of halogens is 1. The van der Waals surface area contributed by atoms with Crippen molar-refractivity contribution in [3.63, 3.8) is 0 Å². The third-order valence-electron chi connectivity index (χ3n) is 5.11. The molecule has 0 unspecified atom stereocenters. The monoisotopic (exact) mass is 464 g/mol. The molecule has 0 atom stereocenters. The Labute approximate surface area is 200 Å². The highest BCUT2D eigenvalue weighted by Crippen LogP contribution is 2.29. The van der Waals surface area contributed by atoms with Gasteiger partial charge in [0.15, 0.2) is 11.5 Å². The molecule has 0 amide bonds. The molecule has 0 N–H and O–H groups in total. The number of allylic oxidation sites excluding steroid dienone is 6. The van der Waals surface area contributed by atoms with Gasteiger partial charge >= 0.3 is 5.97 Å². The van der Waals surface area contributed by atoms with Crippen LogP contribution < -0.4 is 9.47 Å². The van der Waals surface area contributed by atoms with E-state index in [1.165, 1.54) is 22.8 Å². The van der Waals surface area contributed by atoms with Crippen LogP contribution in [0.4, 0.5) is 0 Å². The maximum Gasteiger partial charge on any atom is 0.330 e. The summed E-state index contributed by atoms with van der Waals surface area (Å²) in [4.78, 5) is 11.5. The Morgan fingerprint density at radius 2 is 1.88 bits per heavy atom. The van der Waals surface area contributed by atoms with Crippen LogP contribution in [0.25, 0.3) is 11.6 Å². The van der Waals surface area contributed by atoms with Crippen molar-refractivity contribution in [1.82, 2.24) is 0 Å². The fourth-order valence-electron chi connectivity index (χ4n) is 3.40. The summed E-state index contributed by atoms with van der Waals surface area (Å²) in [5.41, 5.74) is 4.48. The minimum Gasteiger partial charge on any atom is -0.493 e. The molecule has 5 heteroatoms. The number of aryl methyl sites for hydroxylation is 1. The van der Waals surface area contributed by atoms with Crippen molar-refractivity contribution in [1.29, 1.82) is 0 Å². The van der Waals surface area contributed by atoms with Crippen LogP contribution in [0.15, 0.2) is 77.9 Å². The smallest absolute Gasteiger partial charge is 0.330 e. The number of carbonyl (C=O) groups is 1. The normalized spacial score (nSPS) is 13.3. The van der Waals surface area contributed by atoms with Gasteiger partial charge in [-0.2, -0.15) is 0 Å². The average Bonchev–Trinajstić information content (AvgIpc) is 3.06. The van der Waals surface area contributed by atoms with Gasteiger partial charge in [0.1, 0.15) is 0 Å². The van der Waals surface area contributed by atoms with E-state index < -0.39 is 0 Å². The van der Waals surface area contributed by atoms with Gasteiger partial charge in [-0.25, -0.2) is 4.79 Å². The Morgan fingerprint density at radius 3 is 2.64 bits per heavy atom. The molecule has 0 saturated heterocycles. The van der Waals surface area contributed by atoms with E-state index >= 15 is 0 Å². The van der Waals surface area contributed by atoms with Gasteiger partial charge in [-0.15, -0.1) is 0 Å². The number of rotatable bonds is 10. The number of methoxy groups -OCH3 is 1. The molecule has 0 spiro atoms. The largest absolute Gasteiger partial charge is 0.493 e. The van der Waals surface area contributed by atoms with Gasteiger partial charge < -0.3 is 14.2 Å². The number of ether oxygens (including phenoxy) is 3. The second-order valence-corrected chi connectivity index (χ2v) is 7.90.